The number of benzene rings is 3. The number of halogens is 2. The number of amides is 1. The van der Waals surface area contributed by atoms with Gasteiger partial charge < -0.3 is 19.3 Å². The number of aromatic carboxylic acids is 1. The maximum Gasteiger partial charge on any atom is 0.335 e. The van der Waals surface area contributed by atoms with Crippen molar-refractivity contribution in [3.05, 3.63) is 86.2 Å². The first-order chi connectivity index (χ1) is 21.2. The van der Waals surface area contributed by atoms with E-state index < -0.39 is 5.97 Å². The van der Waals surface area contributed by atoms with Crippen molar-refractivity contribution in [2.24, 2.45) is 0 Å². The molecule has 3 aromatic rings. The summed E-state index contributed by atoms with van der Waals surface area (Å²) < 4.78 is 17.5. The van der Waals surface area contributed by atoms with E-state index in [0.29, 0.717) is 50.3 Å². The number of thioether (sulfide) groups is 1. The SMILES string of the molecule is COc1c(Cl)cc(-c2cc(/C=C3\SC(=S)N(CCc4ccc(C(=O)O)cc4)C3=O)ccc2OCCN2CCOCC2)cc1Cl. The first-order valence-corrected chi connectivity index (χ1v) is 15.9. The molecule has 44 heavy (non-hydrogen) atoms. The smallest absolute Gasteiger partial charge is 0.335 e. The summed E-state index contributed by atoms with van der Waals surface area (Å²) >= 11 is 19.8. The average Bonchev–Trinajstić information content (AvgIpc) is 3.28. The Balaban J connectivity index is 1.36. The summed E-state index contributed by atoms with van der Waals surface area (Å²) in [6.45, 7) is 4.81. The highest BCUT2D eigenvalue weighted by molar-refractivity contribution is 8.26. The van der Waals surface area contributed by atoms with Crippen molar-refractivity contribution in [1.29, 1.82) is 0 Å². The Morgan fingerprint density at radius 3 is 2.43 bits per heavy atom. The molecular weight excluding hydrogens is 643 g/mol. The van der Waals surface area contributed by atoms with Crippen molar-refractivity contribution < 1.29 is 28.9 Å². The fourth-order valence-electron chi connectivity index (χ4n) is 4.91. The van der Waals surface area contributed by atoms with E-state index in [1.807, 2.05) is 24.3 Å². The molecule has 3 aromatic carbocycles. The van der Waals surface area contributed by atoms with E-state index in [2.05, 4.69) is 4.90 Å². The van der Waals surface area contributed by atoms with Crippen LogP contribution in [0.5, 0.6) is 11.5 Å². The van der Waals surface area contributed by atoms with Crippen molar-refractivity contribution >= 4 is 69.5 Å². The molecule has 5 rings (SSSR count). The normalized spacial score (nSPS) is 16.5. The quantitative estimate of drug-likeness (QED) is 0.181. The molecular formula is C32H30Cl2N2O6S2. The maximum absolute atomic E-state index is 13.3. The van der Waals surface area contributed by atoms with Gasteiger partial charge in [0.1, 0.15) is 16.7 Å². The number of carbonyl (C=O) groups is 2. The molecule has 0 bridgehead atoms. The van der Waals surface area contributed by atoms with Crippen LogP contribution < -0.4 is 9.47 Å². The van der Waals surface area contributed by atoms with Gasteiger partial charge in [0.05, 0.1) is 40.8 Å². The first-order valence-electron chi connectivity index (χ1n) is 13.9. The van der Waals surface area contributed by atoms with Crippen molar-refractivity contribution in [1.82, 2.24) is 9.80 Å². The minimum atomic E-state index is -0.979. The lowest BCUT2D eigenvalue weighted by Gasteiger charge is -2.26. The molecule has 0 atom stereocenters. The van der Waals surface area contributed by atoms with E-state index >= 15 is 0 Å². The molecule has 2 saturated heterocycles. The summed E-state index contributed by atoms with van der Waals surface area (Å²) in [5.41, 5.74) is 3.44. The van der Waals surface area contributed by atoms with E-state index in [4.69, 9.17) is 54.7 Å². The molecule has 0 spiro atoms. The number of nitrogens with zero attached hydrogens (tertiary/aromatic N) is 2. The van der Waals surface area contributed by atoms with Gasteiger partial charge in [0.25, 0.3) is 5.91 Å². The lowest BCUT2D eigenvalue weighted by atomic mass is 10.0. The summed E-state index contributed by atoms with van der Waals surface area (Å²) in [6, 6.07) is 15.9. The van der Waals surface area contributed by atoms with Crippen LogP contribution in [0.25, 0.3) is 17.2 Å². The summed E-state index contributed by atoms with van der Waals surface area (Å²) in [6.07, 6.45) is 2.36. The Bertz CT molecular complexity index is 1570. The van der Waals surface area contributed by atoms with Crippen LogP contribution >= 0.6 is 47.2 Å². The predicted octanol–water partition coefficient (Wildman–Crippen LogP) is 6.52. The van der Waals surface area contributed by atoms with Gasteiger partial charge in [-0.1, -0.05) is 65.4 Å². The minimum absolute atomic E-state index is 0.176. The Kier molecular flexibility index (Phi) is 10.8. The number of ether oxygens (including phenoxy) is 3. The Morgan fingerprint density at radius 1 is 1.07 bits per heavy atom. The zero-order chi connectivity index (χ0) is 31.2. The third kappa shape index (κ3) is 7.74. The molecule has 2 heterocycles. The van der Waals surface area contributed by atoms with Gasteiger partial charge in [-0.2, -0.15) is 0 Å². The molecule has 2 aliphatic rings. The van der Waals surface area contributed by atoms with Crippen molar-refractivity contribution in [2.75, 3.05) is 53.1 Å². The molecule has 8 nitrogen and oxygen atoms in total. The number of hydrogen-bond acceptors (Lipinski definition) is 8. The van der Waals surface area contributed by atoms with Crippen LogP contribution in [0.2, 0.25) is 10.0 Å². The molecule has 0 unspecified atom stereocenters. The van der Waals surface area contributed by atoms with Gasteiger partial charge in [0, 0.05) is 31.7 Å². The van der Waals surface area contributed by atoms with Crippen molar-refractivity contribution in [3.8, 4) is 22.6 Å². The fourth-order valence-corrected chi connectivity index (χ4v) is 6.86. The third-order valence-corrected chi connectivity index (χ3v) is 9.22. The molecule has 230 valence electrons. The van der Waals surface area contributed by atoms with Crippen LogP contribution in [0.3, 0.4) is 0 Å². The lowest BCUT2D eigenvalue weighted by molar-refractivity contribution is -0.122. The Hall–Kier alpha value is -3.12. The minimum Gasteiger partial charge on any atom is -0.494 e. The number of methoxy groups -OCH3 is 1. The third-order valence-electron chi connectivity index (χ3n) is 7.28. The fraction of sp³-hybridized carbons (Fsp3) is 0.281. The van der Waals surface area contributed by atoms with Crippen molar-refractivity contribution in [2.45, 2.75) is 6.42 Å². The Labute approximate surface area is 275 Å². The number of carboxylic acid groups (broad SMARTS) is 1. The first kappa shape index (κ1) is 32.3. The van der Waals surface area contributed by atoms with Crippen molar-refractivity contribution in [3.63, 3.8) is 0 Å². The topological polar surface area (TPSA) is 88.5 Å². The maximum atomic E-state index is 13.3. The van der Waals surface area contributed by atoms with Gasteiger partial charge in [0.2, 0.25) is 0 Å². The largest absolute Gasteiger partial charge is 0.494 e. The number of carboxylic acids is 1. The highest BCUT2D eigenvalue weighted by Crippen LogP contribution is 2.41. The molecule has 0 saturated carbocycles. The van der Waals surface area contributed by atoms with Crippen LogP contribution in [-0.4, -0.2) is 84.2 Å². The lowest BCUT2D eigenvalue weighted by Crippen LogP contribution is -2.38. The molecule has 0 radical (unpaired) electrons. The van der Waals surface area contributed by atoms with E-state index in [-0.39, 0.29) is 11.5 Å². The van der Waals surface area contributed by atoms with Gasteiger partial charge in [-0.05, 0) is 65.6 Å². The van der Waals surface area contributed by atoms with Gasteiger partial charge in [-0.3, -0.25) is 14.6 Å². The van der Waals surface area contributed by atoms with Gasteiger partial charge in [0.15, 0.2) is 5.75 Å². The van der Waals surface area contributed by atoms with Gasteiger partial charge in [-0.15, -0.1) is 0 Å². The molecule has 12 heteroatoms. The molecule has 0 aliphatic carbocycles. The highest BCUT2D eigenvalue weighted by Gasteiger charge is 2.31. The van der Waals surface area contributed by atoms with Crippen LogP contribution in [0.4, 0.5) is 0 Å². The van der Waals surface area contributed by atoms with Gasteiger partial charge in [-0.25, -0.2) is 4.79 Å². The van der Waals surface area contributed by atoms with Crippen LogP contribution in [0.15, 0.2) is 59.5 Å². The Morgan fingerprint density at radius 2 is 1.77 bits per heavy atom. The van der Waals surface area contributed by atoms with Crippen LogP contribution in [-0.2, 0) is 16.0 Å². The summed E-state index contributed by atoms with van der Waals surface area (Å²) in [4.78, 5) is 28.8. The second-order valence-electron chi connectivity index (χ2n) is 10.1. The standard InChI is InChI=1S/C32H30Cl2N2O6S2/c1-40-29-25(33)18-23(19-26(29)34)24-16-21(4-7-27(24)42-15-12-35-10-13-41-14-11-35)17-28-30(37)36(32(43)44-28)9-8-20-2-5-22(6-3-20)31(38)39/h2-7,16-19H,8-15H2,1H3,(H,38,39)/b28-17-. The van der Waals surface area contributed by atoms with Gasteiger partial charge >= 0.3 is 5.97 Å². The molecule has 2 fully saturated rings. The van der Waals surface area contributed by atoms with E-state index in [1.165, 1.54) is 18.9 Å². The zero-order valence-corrected chi connectivity index (χ0v) is 27.0. The molecule has 2 aliphatic heterocycles. The van der Waals surface area contributed by atoms with E-state index in [1.54, 1.807) is 41.3 Å². The zero-order valence-electron chi connectivity index (χ0n) is 23.9. The summed E-state index contributed by atoms with van der Waals surface area (Å²) in [5, 5.41) is 9.87. The van der Waals surface area contributed by atoms with Crippen LogP contribution in [0.1, 0.15) is 21.5 Å². The molecule has 1 amide bonds. The average molecular weight is 674 g/mol. The number of hydrogen-bond donors (Lipinski definition) is 1. The second kappa shape index (κ2) is 14.8. The predicted molar refractivity (Wildman–Crippen MR) is 178 cm³/mol. The summed E-state index contributed by atoms with van der Waals surface area (Å²) in [5.74, 6) is -0.101. The second-order valence-corrected chi connectivity index (χ2v) is 12.6. The summed E-state index contributed by atoms with van der Waals surface area (Å²) in [7, 11) is 1.51. The number of morpholine rings is 1. The molecule has 0 aromatic heterocycles. The van der Waals surface area contributed by atoms with E-state index in [0.717, 1.165) is 55.1 Å². The van der Waals surface area contributed by atoms with E-state index in [9.17, 15) is 9.59 Å². The number of thiocarbonyl (C=S) groups is 1. The number of carbonyl (C=O) groups excluding carboxylic acids is 1. The van der Waals surface area contributed by atoms with Crippen LogP contribution in [0, 0.1) is 0 Å². The monoisotopic (exact) mass is 672 g/mol. The molecule has 1 N–H and O–H groups in total. The number of rotatable bonds is 11. The highest BCUT2D eigenvalue weighted by atomic mass is 35.5.